The number of aromatic nitrogens is 2. The van der Waals surface area contributed by atoms with Gasteiger partial charge in [-0.1, -0.05) is 11.8 Å². The molecule has 0 radical (unpaired) electrons. The second kappa shape index (κ2) is 9.07. The molecular formula is C20H24N4O4S2. The topological polar surface area (TPSA) is 116 Å². The zero-order chi connectivity index (χ0) is 21.9. The van der Waals surface area contributed by atoms with Crippen LogP contribution in [0, 0.1) is 0 Å². The molecule has 3 aromatic rings. The summed E-state index contributed by atoms with van der Waals surface area (Å²) in [7, 11) is -3.81. The van der Waals surface area contributed by atoms with E-state index < -0.39 is 15.3 Å². The lowest BCUT2D eigenvalue weighted by molar-refractivity contribution is -0.115. The van der Waals surface area contributed by atoms with Gasteiger partial charge < -0.3 is 14.6 Å². The number of fused-ring (bicyclic) bond motifs is 1. The number of ether oxygens (including phenoxy) is 1. The number of nitrogens with one attached hydrogen (secondary N) is 1. The minimum Gasteiger partial charge on any atom is -0.494 e. The average Bonchev–Trinajstić information content (AvgIpc) is 3.05. The molecule has 1 heterocycles. The maximum absolute atomic E-state index is 12.6. The van der Waals surface area contributed by atoms with E-state index in [0.29, 0.717) is 29.5 Å². The van der Waals surface area contributed by atoms with Gasteiger partial charge in [0.05, 0.1) is 27.8 Å². The Morgan fingerprint density at radius 3 is 2.53 bits per heavy atom. The van der Waals surface area contributed by atoms with Crippen LogP contribution in [0.15, 0.2) is 52.5 Å². The standard InChI is InChI=1S/C20H24N4O4S2/c1-4-24-18-11-10-16(30(21,26)27)12-17(18)23-20(24)29-13(3)19(25)22-14-6-8-15(9-7-14)28-5-2/h6-13H,4-5H2,1-3H3,(H,22,25)(H2,21,26,27). The maximum atomic E-state index is 12.6. The average molecular weight is 449 g/mol. The summed E-state index contributed by atoms with van der Waals surface area (Å²) in [5.74, 6) is 0.581. The second-order valence-corrected chi connectivity index (χ2v) is 9.41. The van der Waals surface area contributed by atoms with Crippen molar-refractivity contribution in [3.8, 4) is 5.75 Å². The van der Waals surface area contributed by atoms with E-state index in [1.807, 2.05) is 18.4 Å². The van der Waals surface area contributed by atoms with Crippen molar-refractivity contribution >= 4 is 44.4 Å². The van der Waals surface area contributed by atoms with E-state index >= 15 is 0 Å². The van der Waals surface area contributed by atoms with E-state index in [2.05, 4.69) is 10.3 Å². The van der Waals surface area contributed by atoms with Crippen LogP contribution in [0.4, 0.5) is 5.69 Å². The van der Waals surface area contributed by atoms with Crippen LogP contribution in [-0.4, -0.2) is 35.7 Å². The predicted octanol–water partition coefficient (Wildman–Crippen LogP) is 3.22. The molecule has 0 aliphatic carbocycles. The van der Waals surface area contributed by atoms with Crippen LogP contribution < -0.4 is 15.2 Å². The number of imidazole rings is 1. The first-order chi connectivity index (χ1) is 14.2. The molecule has 10 heteroatoms. The van der Waals surface area contributed by atoms with Gasteiger partial charge in [-0.25, -0.2) is 18.5 Å². The van der Waals surface area contributed by atoms with Crippen LogP contribution in [0.25, 0.3) is 11.0 Å². The molecule has 0 spiro atoms. The highest BCUT2D eigenvalue weighted by atomic mass is 32.2. The number of nitrogens with two attached hydrogens (primary N) is 1. The number of carbonyl (C=O) groups is 1. The van der Waals surface area contributed by atoms with Gasteiger partial charge in [0.25, 0.3) is 0 Å². The third-order valence-electron chi connectivity index (χ3n) is 4.41. The van der Waals surface area contributed by atoms with Crippen molar-refractivity contribution in [3.05, 3.63) is 42.5 Å². The van der Waals surface area contributed by atoms with E-state index in [0.717, 1.165) is 11.3 Å². The Hall–Kier alpha value is -2.56. The zero-order valence-corrected chi connectivity index (χ0v) is 18.6. The minimum absolute atomic E-state index is 0.00796. The first kappa shape index (κ1) is 22.1. The van der Waals surface area contributed by atoms with Crippen molar-refractivity contribution < 1.29 is 17.9 Å². The Morgan fingerprint density at radius 2 is 1.93 bits per heavy atom. The number of sulfonamides is 1. The Morgan fingerprint density at radius 1 is 1.23 bits per heavy atom. The van der Waals surface area contributed by atoms with E-state index in [1.165, 1.54) is 23.9 Å². The largest absolute Gasteiger partial charge is 0.494 e. The smallest absolute Gasteiger partial charge is 0.238 e. The number of hydrogen-bond donors (Lipinski definition) is 2. The summed E-state index contributed by atoms with van der Waals surface area (Å²) in [6.45, 7) is 6.87. The van der Waals surface area contributed by atoms with Gasteiger partial charge in [0.15, 0.2) is 5.16 Å². The molecule has 160 valence electrons. The molecule has 1 aromatic heterocycles. The molecule has 0 aliphatic heterocycles. The monoisotopic (exact) mass is 448 g/mol. The first-order valence-electron chi connectivity index (χ1n) is 9.46. The number of benzene rings is 2. The molecule has 1 atom stereocenters. The molecule has 0 saturated heterocycles. The van der Waals surface area contributed by atoms with Crippen LogP contribution >= 0.6 is 11.8 Å². The Balaban J connectivity index is 1.77. The van der Waals surface area contributed by atoms with E-state index in [9.17, 15) is 13.2 Å². The summed E-state index contributed by atoms with van der Waals surface area (Å²) in [5.41, 5.74) is 1.98. The number of thioether (sulfide) groups is 1. The minimum atomic E-state index is -3.81. The van der Waals surface area contributed by atoms with Crippen molar-refractivity contribution in [2.75, 3.05) is 11.9 Å². The van der Waals surface area contributed by atoms with Crippen molar-refractivity contribution in [1.29, 1.82) is 0 Å². The number of hydrogen-bond acceptors (Lipinski definition) is 6. The summed E-state index contributed by atoms with van der Waals surface area (Å²) < 4.78 is 30.6. The van der Waals surface area contributed by atoms with Gasteiger partial charge in [0.1, 0.15) is 5.75 Å². The lowest BCUT2D eigenvalue weighted by Crippen LogP contribution is -2.22. The fraction of sp³-hybridized carbons (Fsp3) is 0.300. The van der Waals surface area contributed by atoms with Gasteiger partial charge in [-0.3, -0.25) is 4.79 Å². The normalized spacial score (nSPS) is 12.7. The summed E-state index contributed by atoms with van der Waals surface area (Å²) in [5, 5.41) is 8.31. The lowest BCUT2D eigenvalue weighted by atomic mass is 10.3. The summed E-state index contributed by atoms with van der Waals surface area (Å²) in [6.07, 6.45) is 0. The quantitative estimate of drug-likeness (QED) is 0.511. The van der Waals surface area contributed by atoms with Crippen LogP contribution in [0.5, 0.6) is 5.75 Å². The summed E-state index contributed by atoms with van der Waals surface area (Å²) in [6, 6.07) is 11.8. The SMILES string of the molecule is CCOc1ccc(NC(=O)C(C)Sc2nc3cc(S(N)(=O)=O)ccc3n2CC)cc1. The fourth-order valence-corrected chi connectivity index (χ4v) is 4.44. The number of amides is 1. The van der Waals surface area contributed by atoms with Crippen LogP contribution in [0.1, 0.15) is 20.8 Å². The molecule has 0 aliphatic rings. The Kier molecular flexibility index (Phi) is 6.69. The third-order valence-corrected chi connectivity index (χ3v) is 6.41. The number of rotatable bonds is 8. The number of aryl methyl sites for hydroxylation is 1. The number of primary sulfonamides is 1. The molecule has 30 heavy (non-hydrogen) atoms. The van der Waals surface area contributed by atoms with E-state index in [-0.39, 0.29) is 10.8 Å². The third kappa shape index (κ3) is 4.94. The highest BCUT2D eigenvalue weighted by molar-refractivity contribution is 8.00. The fourth-order valence-electron chi connectivity index (χ4n) is 2.92. The van der Waals surface area contributed by atoms with Gasteiger partial charge in [0.2, 0.25) is 15.9 Å². The number of nitrogens with zero attached hydrogens (tertiary/aromatic N) is 2. The maximum Gasteiger partial charge on any atom is 0.238 e. The van der Waals surface area contributed by atoms with Gasteiger partial charge in [0, 0.05) is 12.2 Å². The van der Waals surface area contributed by atoms with E-state index in [4.69, 9.17) is 9.88 Å². The van der Waals surface area contributed by atoms with E-state index in [1.54, 1.807) is 37.3 Å². The lowest BCUT2D eigenvalue weighted by Gasteiger charge is -2.13. The second-order valence-electron chi connectivity index (χ2n) is 6.54. The molecule has 1 unspecified atom stereocenters. The van der Waals surface area contributed by atoms with Crippen LogP contribution in [-0.2, 0) is 21.4 Å². The van der Waals surface area contributed by atoms with Crippen molar-refractivity contribution in [2.45, 2.75) is 42.6 Å². The molecule has 0 saturated carbocycles. The molecule has 0 fully saturated rings. The number of anilines is 1. The molecule has 1 amide bonds. The summed E-state index contributed by atoms with van der Waals surface area (Å²) >= 11 is 1.31. The predicted molar refractivity (Wildman–Crippen MR) is 118 cm³/mol. The van der Waals surface area contributed by atoms with Crippen LogP contribution in [0.2, 0.25) is 0 Å². The molecule has 3 rings (SSSR count). The number of carbonyl (C=O) groups excluding carboxylic acids is 1. The molecular weight excluding hydrogens is 424 g/mol. The van der Waals surface area contributed by atoms with Gasteiger partial charge in [-0.15, -0.1) is 0 Å². The Labute approximate surface area is 179 Å². The van der Waals surface area contributed by atoms with Gasteiger partial charge in [-0.2, -0.15) is 0 Å². The van der Waals surface area contributed by atoms with Gasteiger partial charge >= 0.3 is 0 Å². The van der Waals surface area contributed by atoms with Crippen molar-refractivity contribution in [2.24, 2.45) is 5.14 Å². The molecule has 3 N–H and O–H groups in total. The molecule has 0 bridgehead atoms. The molecule has 2 aromatic carbocycles. The van der Waals surface area contributed by atoms with Crippen molar-refractivity contribution in [1.82, 2.24) is 9.55 Å². The summed E-state index contributed by atoms with van der Waals surface area (Å²) in [4.78, 5) is 17.2. The highest BCUT2D eigenvalue weighted by Gasteiger charge is 2.20. The molecule has 8 nitrogen and oxygen atoms in total. The Bertz CT molecular complexity index is 1160. The first-order valence-corrected chi connectivity index (χ1v) is 11.9. The zero-order valence-electron chi connectivity index (χ0n) is 17.0. The van der Waals surface area contributed by atoms with Crippen LogP contribution in [0.3, 0.4) is 0 Å². The highest BCUT2D eigenvalue weighted by Crippen LogP contribution is 2.29. The van der Waals surface area contributed by atoms with Gasteiger partial charge in [-0.05, 0) is 63.2 Å². The van der Waals surface area contributed by atoms with Crippen molar-refractivity contribution in [3.63, 3.8) is 0 Å².